The summed E-state index contributed by atoms with van der Waals surface area (Å²) in [7, 11) is 0. The molecule has 0 unspecified atom stereocenters. The number of benzene rings is 2. The molecular weight excluding hydrogens is 468 g/mol. The first kappa shape index (κ1) is 23.1. The average Bonchev–Trinajstić information content (AvgIpc) is 3.26. The minimum absolute atomic E-state index is 0.275. The SMILES string of the molecule is FC(F)(F)c1ccc(CNc2nsc(N3CCN(c4cccc(C(F)(F)F)c4)CC3)n2)cc1. The first-order valence-corrected chi connectivity index (χ1v) is 10.8. The van der Waals surface area contributed by atoms with Crippen LogP contribution in [-0.4, -0.2) is 35.5 Å². The van der Waals surface area contributed by atoms with Crippen LogP contribution in [0.3, 0.4) is 0 Å². The Morgan fingerprint density at radius 1 is 0.818 bits per heavy atom. The Balaban J connectivity index is 1.31. The number of nitrogens with one attached hydrogen (secondary N) is 1. The maximum Gasteiger partial charge on any atom is 0.416 e. The summed E-state index contributed by atoms with van der Waals surface area (Å²) in [5.41, 5.74) is -0.186. The van der Waals surface area contributed by atoms with Gasteiger partial charge in [-0.15, -0.1) is 0 Å². The minimum atomic E-state index is -4.38. The molecule has 1 N–H and O–H groups in total. The van der Waals surface area contributed by atoms with E-state index in [9.17, 15) is 26.3 Å². The Kier molecular flexibility index (Phi) is 6.37. The summed E-state index contributed by atoms with van der Waals surface area (Å²) in [5, 5.41) is 3.67. The van der Waals surface area contributed by atoms with E-state index in [0.29, 0.717) is 48.5 Å². The minimum Gasteiger partial charge on any atom is -0.368 e. The average molecular weight is 487 g/mol. The molecule has 1 fully saturated rings. The molecule has 0 radical (unpaired) electrons. The van der Waals surface area contributed by atoms with Crippen LogP contribution in [0.15, 0.2) is 48.5 Å². The molecule has 12 heteroatoms. The molecule has 0 atom stereocenters. The van der Waals surface area contributed by atoms with E-state index in [1.54, 1.807) is 6.07 Å². The van der Waals surface area contributed by atoms with Crippen molar-refractivity contribution in [2.45, 2.75) is 18.9 Å². The van der Waals surface area contributed by atoms with Crippen molar-refractivity contribution in [3.8, 4) is 0 Å². The van der Waals surface area contributed by atoms with Crippen molar-refractivity contribution in [3.05, 3.63) is 65.2 Å². The van der Waals surface area contributed by atoms with Crippen LogP contribution in [0.2, 0.25) is 0 Å². The third-order valence-electron chi connectivity index (χ3n) is 5.24. The normalized spacial score (nSPS) is 15.1. The topological polar surface area (TPSA) is 44.3 Å². The highest BCUT2D eigenvalue weighted by Gasteiger charge is 2.31. The van der Waals surface area contributed by atoms with Gasteiger partial charge in [0.2, 0.25) is 11.1 Å². The van der Waals surface area contributed by atoms with Crippen LogP contribution in [0.1, 0.15) is 16.7 Å². The van der Waals surface area contributed by atoms with Crippen molar-refractivity contribution in [1.82, 2.24) is 9.36 Å². The third-order valence-corrected chi connectivity index (χ3v) is 6.01. The molecule has 0 bridgehead atoms. The smallest absolute Gasteiger partial charge is 0.368 e. The number of piperazine rings is 1. The fourth-order valence-corrected chi connectivity index (χ4v) is 4.14. The van der Waals surface area contributed by atoms with Gasteiger partial charge in [-0.2, -0.15) is 35.7 Å². The van der Waals surface area contributed by atoms with Gasteiger partial charge in [0.25, 0.3) is 0 Å². The van der Waals surface area contributed by atoms with E-state index in [0.717, 1.165) is 24.3 Å². The molecule has 176 valence electrons. The Labute approximate surface area is 189 Å². The van der Waals surface area contributed by atoms with E-state index in [2.05, 4.69) is 14.7 Å². The van der Waals surface area contributed by atoms with Crippen molar-refractivity contribution in [2.24, 2.45) is 0 Å². The van der Waals surface area contributed by atoms with Gasteiger partial charge in [0.05, 0.1) is 11.1 Å². The third kappa shape index (κ3) is 5.67. The van der Waals surface area contributed by atoms with Crippen LogP contribution >= 0.6 is 11.5 Å². The summed E-state index contributed by atoms with van der Waals surface area (Å²) in [6.45, 7) is 2.50. The summed E-state index contributed by atoms with van der Waals surface area (Å²) in [6.07, 6.45) is -8.75. The number of hydrogen-bond acceptors (Lipinski definition) is 6. The lowest BCUT2D eigenvalue weighted by atomic mass is 10.1. The Morgan fingerprint density at radius 2 is 1.45 bits per heavy atom. The maximum absolute atomic E-state index is 13.0. The quantitative estimate of drug-likeness (QED) is 0.481. The van der Waals surface area contributed by atoms with Gasteiger partial charge >= 0.3 is 12.4 Å². The molecule has 1 saturated heterocycles. The molecule has 0 amide bonds. The lowest BCUT2D eigenvalue weighted by Gasteiger charge is -2.36. The van der Waals surface area contributed by atoms with Gasteiger partial charge in [-0.1, -0.05) is 18.2 Å². The molecule has 0 saturated carbocycles. The molecule has 0 spiro atoms. The zero-order valence-electron chi connectivity index (χ0n) is 17.1. The number of hydrogen-bond donors (Lipinski definition) is 1. The molecule has 1 aliphatic rings. The predicted molar refractivity (Wildman–Crippen MR) is 115 cm³/mol. The Bertz CT molecular complexity index is 1070. The molecule has 1 aliphatic heterocycles. The fourth-order valence-electron chi connectivity index (χ4n) is 3.44. The van der Waals surface area contributed by atoms with Crippen molar-refractivity contribution < 1.29 is 26.3 Å². The second-order valence-corrected chi connectivity index (χ2v) is 8.20. The molecule has 33 heavy (non-hydrogen) atoms. The van der Waals surface area contributed by atoms with Gasteiger partial charge in [0.15, 0.2) is 0 Å². The second-order valence-electron chi connectivity index (χ2n) is 7.47. The van der Waals surface area contributed by atoms with Crippen LogP contribution in [0.25, 0.3) is 0 Å². The highest BCUT2D eigenvalue weighted by molar-refractivity contribution is 7.09. The Morgan fingerprint density at radius 3 is 2.09 bits per heavy atom. The lowest BCUT2D eigenvalue weighted by molar-refractivity contribution is -0.138. The van der Waals surface area contributed by atoms with Crippen molar-refractivity contribution in [2.75, 3.05) is 41.3 Å². The molecule has 3 aromatic rings. The fraction of sp³-hybridized carbons (Fsp3) is 0.333. The molecule has 4 rings (SSSR count). The highest BCUT2D eigenvalue weighted by Crippen LogP contribution is 2.32. The standard InChI is InChI=1S/C21H19F6N5S/c22-20(23,24)15-6-4-14(5-7-15)13-28-18-29-19(33-30-18)32-10-8-31(9-11-32)17-3-1-2-16(12-17)21(25,26)27/h1-7,12H,8-11,13H2,(H,28,30). The molecule has 2 heterocycles. The van der Waals surface area contributed by atoms with Crippen LogP contribution < -0.4 is 15.1 Å². The first-order chi connectivity index (χ1) is 15.6. The van der Waals surface area contributed by atoms with Gasteiger partial charge in [-0.05, 0) is 35.9 Å². The van der Waals surface area contributed by atoms with Gasteiger partial charge in [0.1, 0.15) is 0 Å². The van der Waals surface area contributed by atoms with Crippen LogP contribution in [0.4, 0.5) is 43.1 Å². The molecule has 0 aliphatic carbocycles. The van der Waals surface area contributed by atoms with E-state index in [1.165, 1.54) is 29.7 Å². The monoisotopic (exact) mass is 487 g/mol. The van der Waals surface area contributed by atoms with Crippen molar-refractivity contribution in [3.63, 3.8) is 0 Å². The summed E-state index contributed by atoms with van der Waals surface area (Å²) in [4.78, 5) is 8.33. The number of rotatable bonds is 5. The van der Waals surface area contributed by atoms with E-state index in [4.69, 9.17) is 0 Å². The number of alkyl halides is 6. The van der Waals surface area contributed by atoms with Crippen LogP contribution in [-0.2, 0) is 18.9 Å². The van der Waals surface area contributed by atoms with Crippen molar-refractivity contribution >= 4 is 28.3 Å². The van der Waals surface area contributed by atoms with Gasteiger partial charge in [0, 0.05) is 49.9 Å². The largest absolute Gasteiger partial charge is 0.416 e. The maximum atomic E-state index is 13.0. The molecule has 1 aromatic heterocycles. The molecular formula is C21H19F6N5S. The summed E-state index contributed by atoms with van der Waals surface area (Å²) >= 11 is 1.19. The van der Waals surface area contributed by atoms with Crippen molar-refractivity contribution in [1.29, 1.82) is 0 Å². The Hall–Kier alpha value is -3.02. The van der Waals surface area contributed by atoms with Crippen LogP contribution in [0, 0.1) is 0 Å². The molecule has 5 nitrogen and oxygen atoms in total. The zero-order valence-corrected chi connectivity index (χ0v) is 17.9. The van der Waals surface area contributed by atoms with E-state index in [-0.39, 0.29) is 6.54 Å². The van der Waals surface area contributed by atoms with Crippen LogP contribution in [0.5, 0.6) is 0 Å². The zero-order chi connectivity index (χ0) is 23.6. The first-order valence-electron chi connectivity index (χ1n) is 10.0. The summed E-state index contributed by atoms with van der Waals surface area (Å²) < 4.78 is 81.1. The van der Waals surface area contributed by atoms with Gasteiger partial charge in [-0.3, -0.25) is 0 Å². The number of nitrogens with zero attached hydrogens (tertiary/aromatic N) is 4. The van der Waals surface area contributed by atoms with Gasteiger partial charge < -0.3 is 15.1 Å². The van der Waals surface area contributed by atoms with Gasteiger partial charge in [-0.25, -0.2) is 0 Å². The highest BCUT2D eigenvalue weighted by atomic mass is 32.1. The summed E-state index contributed by atoms with van der Waals surface area (Å²) in [6, 6.07) is 10.1. The molecule has 2 aromatic carbocycles. The lowest BCUT2D eigenvalue weighted by Crippen LogP contribution is -2.46. The summed E-state index contributed by atoms with van der Waals surface area (Å²) in [5.74, 6) is 0.371. The number of aromatic nitrogens is 2. The van der Waals surface area contributed by atoms with E-state index >= 15 is 0 Å². The van der Waals surface area contributed by atoms with E-state index < -0.39 is 23.5 Å². The number of halogens is 6. The second kappa shape index (κ2) is 9.08. The number of anilines is 3. The van der Waals surface area contributed by atoms with E-state index in [1.807, 2.05) is 9.80 Å². The predicted octanol–water partition coefficient (Wildman–Crippen LogP) is 5.51.